The lowest BCUT2D eigenvalue weighted by atomic mass is 10.1. The van der Waals surface area contributed by atoms with Crippen LogP contribution in [-0.2, 0) is 16.6 Å². The molecule has 0 spiro atoms. The standard InChI is InChI=1S/C12H21N3O3/c1-9-11(7-14(3)13-9)10(2)15(5-6-18-4)8-12(16)17/h7,10H,5-6,8H2,1-4H3,(H,16,17). The van der Waals surface area contributed by atoms with E-state index in [1.807, 2.05) is 32.0 Å². The topological polar surface area (TPSA) is 67.6 Å². The van der Waals surface area contributed by atoms with Crippen molar-refractivity contribution >= 4 is 5.97 Å². The molecule has 0 aliphatic rings. The number of nitrogens with zero attached hydrogens (tertiary/aromatic N) is 3. The second kappa shape index (κ2) is 6.51. The molecule has 0 saturated heterocycles. The Kier molecular flexibility index (Phi) is 5.30. The molecule has 1 aromatic heterocycles. The molecule has 0 saturated carbocycles. The van der Waals surface area contributed by atoms with E-state index in [9.17, 15) is 4.79 Å². The number of hydrogen-bond acceptors (Lipinski definition) is 4. The quantitative estimate of drug-likeness (QED) is 0.781. The predicted molar refractivity (Wildman–Crippen MR) is 67.4 cm³/mol. The Morgan fingerprint density at radius 1 is 1.67 bits per heavy atom. The molecule has 6 nitrogen and oxygen atoms in total. The Bertz CT molecular complexity index is 403. The lowest BCUT2D eigenvalue weighted by Crippen LogP contribution is -2.35. The zero-order valence-electron chi connectivity index (χ0n) is 11.4. The van der Waals surface area contributed by atoms with Crippen LogP contribution in [0.4, 0.5) is 0 Å². The van der Waals surface area contributed by atoms with Crippen molar-refractivity contribution in [1.82, 2.24) is 14.7 Å². The number of carbonyl (C=O) groups is 1. The van der Waals surface area contributed by atoms with Gasteiger partial charge in [0.1, 0.15) is 0 Å². The first-order valence-corrected chi connectivity index (χ1v) is 5.90. The highest BCUT2D eigenvalue weighted by atomic mass is 16.5. The summed E-state index contributed by atoms with van der Waals surface area (Å²) < 4.78 is 6.77. The average molecular weight is 255 g/mol. The Hall–Kier alpha value is -1.40. The number of carboxylic acid groups (broad SMARTS) is 1. The lowest BCUT2D eigenvalue weighted by molar-refractivity contribution is -0.139. The summed E-state index contributed by atoms with van der Waals surface area (Å²) in [6, 6.07) is 0.00458. The van der Waals surface area contributed by atoms with Crippen molar-refractivity contribution < 1.29 is 14.6 Å². The highest BCUT2D eigenvalue weighted by Crippen LogP contribution is 2.22. The third-order valence-corrected chi connectivity index (χ3v) is 2.97. The number of aromatic nitrogens is 2. The molecule has 0 radical (unpaired) electrons. The molecule has 1 N–H and O–H groups in total. The van der Waals surface area contributed by atoms with Crippen LogP contribution in [0.25, 0.3) is 0 Å². The summed E-state index contributed by atoms with van der Waals surface area (Å²) in [6.07, 6.45) is 1.93. The van der Waals surface area contributed by atoms with Gasteiger partial charge < -0.3 is 9.84 Å². The normalized spacial score (nSPS) is 12.9. The van der Waals surface area contributed by atoms with E-state index in [1.165, 1.54) is 0 Å². The monoisotopic (exact) mass is 255 g/mol. The van der Waals surface area contributed by atoms with Gasteiger partial charge in [-0.05, 0) is 13.8 Å². The smallest absolute Gasteiger partial charge is 0.317 e. The molecule has 0 amide bonds. The minimum atomic E-state index is -0.834. The molecule has 0 bridgehead atoms. The van der Waals surface area contributed by atoms with E-state index in [0.717, 1.165) is 11.3 Å². The largest absolute Gasteiger partial charge is 0.480 e. The third kappa shape index (κ3) is 3.82. The van der Waals surface area contributed by atoms with Gasteiger partial charge in [-0.2, -0.15) is 5.10 Å². The van der Waals surface area contributed by atoms with Gasteiger partial charge in [-0.15, -0.1) is 0 Å². The van der Waals surface area contributed by atoms with Crippen LogP contribution in [0.5, 0.6) is 0 Å². The van der Waals surface area contributed by atoms with Crippen LogP contribution in [-0.4, -0.2) is 52.6 Å². The molecular weight excluding hydrogens is 234 g/mol. The van der Waals surface area contributed by atoms with E-state index in [2.05, 4.69) is 5.10 Å². The van der Waals surface area contributed by atoms with Crippen molar-refractivity contribution in [3.8, 4) is 0 Å². The Labute approximate surface area is 107 Å². The summed E-state index contributed by atoms with van der Waals surface area (Å²) in [7, 11) is 3.47. The number of rotatable bonds is 7. The van der Waals surface area contributed by atoms with Crippen molar-refractivity contribution in [3.63, 3.8) is 0 Å². The van der Waals surface area contributed by atoms with Crippen molar-refractivity contribution in [2.24, 2.45) is 7.05 Å². The fourth-order valence-electron chi connectivity index (χ4n) is 2.02. The molecule has 1 heterocycles. The minimum absolute atomic E-state index is 0.00113. The van der Waals surface area contributed by atoms with Crippen molar-refractivity contribution in [2.75, 3.05) is 26.8 Å². The first kappa shape index (κ1) is 14.7. The van der Waals surface area contributed by atoms with E-state index < -0.39 is 5.97 Å². The van der Waals surface area contributed by atoms with Gasteiger partial charge in [-0.1, -0.05) is 0 Å². The SMILES string of the molecule is COCCN(CC(=O)O)C(C)c1cn(C)nc1C. The maximum Gasteiger partial charge on any atom is 0.317 e. The van der Waals surface area contributed by atoms with Crippen LogP contribution in [0, 0.1) is 6.92 Å². The van der Waals surface area contributed by atoms with Crippen LogP contribution >= 0.6 is 0 Å². The van der Waals surface area contributed by atoms with E-state index in [0.29, 0.717) is 13.2 Å². The first-order valence-electron chi connectivity index (χ1n) is 5.90. The van der Waals surface area contributed by atoms with Crippen molar-refractivity contribution in [2.45, 2.75) is 19.9 Å². The summed E-state index contributed by atoms with van der Waals surface area (Å²) in [5.41, 5.74) is 1.98. The molecule has 1 atom stereocenters. The molecule has 102 valence electrons. The van der Waals surface area contributed by atoms with Crippen LogP contribution in [0.1, 0.15) is 24.2 Å². The second-order valence-corrected chi connectivity index (χ2v) is 4.38. The van der Waals surface area contributed by atoms with Crippen molar-refractivity contribution in [3.05, 3.63) is 17.5 Å². The van der Waals surface area contributed by atoms with E-state index in [-0.39, 0.29) is 12.6 Å². The molecule has 1 unspecified atom stereocenters. The summed E-state index contributed by atoms with van der Waals surface area (Å²) in [4.78, 5) is 12.8. The zero-order chi connectivity index (χ0) is 13.7. The van der Waals surface area contributed by atoms with Gasteiger partial charge >= 0.3 is 5.97 Å². The minimum Gasteiger partial charge on any atom is -0.480 e. The average Bonchev–Trinajstić information content (AvgIpc) is 2.62. The first-order chi connectivity index (χ1) is 8.45. The fourth-order valence-corrected chi connectivity index (χ4v) is 2.02. The van der Waals surface area contributed by atoms with E-state index in [1.54, 1.807) is 11.8 Å². The number of aryl methyl sites for hydroxylation is 2. The molecule has 6 heteroatoms. The van der Waals surface area contributed by atoms with Gasteiger partial charge in [-0.25, -0.2) is 0 Å². The zero-order valence-corrected chi connectivity index (χ0v) is 11.4. The number of aliphatic carboxylic acids is 1. The number of hydrogen-bond donors (Lipinski definition) is 1. The fraction of sp³-hybridized carbons (Fsp3) is 0.667. The molecular formula is C12H21N3O3. The Morgan fingerprint density at radius 3 is 2.78 bits per heavy atom. The maximum absolute atomic E-state index is 10.9. The van der Waals surface area contributed by atoms with Gasteiger partial charge in [0.15, 0.2) is 0 Å². The Balaban J connectivity index is 2.83. The molecule has 0 aliphatic heterocycles. The number of ether oxygens (including phenoxy) is 1. The maximum atomic E-state index is 10.9. The summed E-state index contributed by atoms with van der Waals surface area (Å²) in [6.45, 7) is 5.01. The van der Waals surface area contributed by atoms with Crippen LogP contribution in [0.3, 0.4) is 0 Å². The summed E-state index contributed by atoms with van der Waals surface area (Å²) >= 11 is 0. The molecule has 0 aromatic carbocycles. The van der Waals surface area contributed by atoms with Crippen LogP contribution < -0.4 is 0 Å². The molecule has 0 aliphatic carbocycles. The highest BCUT2D eigenvalue weighted by Gasteiger charge is 2.21. The van der Waals surface area contributed by atoms with Gasteiger partial charge in [0.25, 0.3) is 0 Å². The van der Waals surface area contributed by atoms with E-state index >= 15 is 0 Å². The summed E-state index contributed by atoms with van der Waals surface area (Å²) in [5, 5.41) is 13.2. The van der Waals surface area contributed by atoms with Gasteiger partial charge in [0, 0.05) is 38.5 Å². The lowest BCUT2D eigenvalue weighted by Gasteiger charge is -2.26. The van der Waals surface area contributed by atoms with Gasteiger partial charge in [-0.3, -0.25) is 14.4 Å². The van der Waals surface area contributed by atoms with Gasteiger partial charge in [0.05, 0.1) is 18.8 Å². The summed E-state index contributed by atoms with van der Waals surface area (Å²) in [5.74, 6) is -0.834. The number of carboxylic acids is 1. The second-order valence-electron chi connectivity index (χ2n) is 4.38. The van der Waals surface area contributed by atoms with E-state index in [4.69, 9.17) is 9.84 Å². The predicted octanol–water partition coefficient (Wildman–Crippen LogP) is 0.823. The Morgan fingerprint density at radius 2 is 2.33 bits per heavy atom. The molecule has 18 heavy (non-hydrogen) atoms. The highest BCUT2D eigenvalue weighted by molar-refractivity contribution is 5.69. The van der Waals surface area contributed by atoms with Crippen molar-refractivity contribution in [1.29, 1.82) is 0 Å². The molecule has 1 rings (SSSR count). The van der Waals surface area contributed by atoms with Gasteiger partial charge in [0.2, 0.25) is 0 Å². The van der Waals surface area contributed by atoms with Crippen LogP contribution in [0.15, 0.2) is 6.20 Å². The number of methoxy groups -OCH3 is 1. The third-order valence-electron chi connectivity index (χ3n) is 2.97. The molecule has 0 fully saturated rings. The van der Waals surface area contributed by atoms with Crippen LogP contribution in [0.2, 0.25) is 0 Å². The molecule has 1 aromatic rings.